The monoisotopic (exact) mass is 204 g/mol. The van der Waals surface area contributed by atoms with Crippen molar-refractivity contribution in [3.63, 3.8) is 0 Å². The first-order valence-corrected chi connectivity index (χ1v) is 5.54. The van der Waals surface area contributed by atoms with Crippen molar-refractivity contribution in [3.8, 4) is 0 Å². The Kier molecular flexibility index (Phi) is 3.26. The molecule has 0 aliphatic carbocycles. The van der Waals surface area contributed by atoms with Crippen molar-refractivity contribution >= 4 is 9.42 Å². The van der Waals surface area contributed by atoms with Crippen molar-refractivity contribution < 1.29 is 17.3 Å². The van der Waals surface area contributed by atoms with E-state index in [2.05, 4.69) is 24.3 Å². The van der Waals surface area contributed by atoms with E-state index in [1.165, 1.54) is 0 Å². The summed E-state index contributed by atoms with van der Waals surface area (Å²) < 4.78 is 4.15. The molecule has 0 amide bonds. The normalized spacial score (nSPS) is 13.1. The summed E-state index contributed by atoms with van der Waals surface area (Å²) in [7, 11) is 5.45. The molecule has 3 heteroatoms. The molecule has 0 N–H and O–H groups in total. The quantitative estimate of drug-likeness (QED) is 0.534. The van der Waals surface area contributed by atoms with Gasteiger partial charge in [0.15, 0.2) is 0 Å². The molecule has 0 heterocycles. The molecule has 43 valence electrons. The van der Waals surface area contributed by atoms with Gasteiger partial charge in [0.25, 0.3) is 0 Å². The van der Waals surface area contributed by atoms with Crippen LogP contribution in [0.3, 0.4) is 0 Å². The maximum absolute atomic E-state index is 5.45. The molecule has 7 heavy (non-hydrogen) atoms. The number of halogens is 1. The molecule has 0 aliphatic heterocycles. The first kappa shape index (κ1) is 7.78. The van der Waals surface area contributed by atoms with Gasteiger partial charge in [0.05, 0.1) is 0 Å². The van der Waals surface area contributed by atoms with Crippen LogP contribution in [0.2, 0.25) is 0 Å². The minimum absolute atomic E-state index is 0.101. The summed E-state index contributed by atoms with van der Waals surface area (Å²) in [6, 6.07) is 0. The first-order valence-electron chi connectivity index (χ1n) is 2.06. The second-order valence-corrected chi connectivity index (χ2v) is 3.94. The molecule has 0 spiro atoms. The van der Waals surface area contributed by atoms with Crippen LogP contribution in [0, 0.1) is 0 Å². The average Bonchev–Trinajstić information content (AvgIpc) is 1.30. The van der Waals surface area contributed by atoms with Gasteiger partial charge in [0, 0.05) is 0 Å². The fourth-order valence-corrected chi connectivity index (χ4v) is 1.84. The van der Waals surface area contributed by atoms with Gasteiger partial charge in [-0.1, -0.05) is 0 Å². The van der Waals surface area contributed by atoms with Gasteiger partial charge >= 0.3 is 56.6 Å². The molecule has 0 fully saturated rings. The zero-order valence-corrected chi connectivity index (χ0v) is 7.50. The number of hydrogen-bond donors (Lipinski definition) is 0. The van der Waals surface area contributed by atoms with Crippen LogP contribution in [0.25, 0.3) is 0 Å². The van der Waals surface area contributed by atoms with E-state index in [0.717, 1.165) is 0 Å². The van der Waals surface area contributed by atoms with Crippen LogP contribution in [0.5, 0.6) is 0 Å². The van der Waals surface area contributed by atoms with Gasteiger partial charge in [-0.2, -0.15) is 0 Å². The van der Waals surface area contributed by atoms with E-state index in [4.69, 9.17) is 9.42 Å². The van der Waals surface area contributed by atoms with Crippen molar-refractivity contribution in [3.05, 3.63) is 0 Å². The van der Waals surface area contributed by atoms with E-state index in [9.17, 15) is 0 Å². The molecular formula is C4H9ClMoN. The summed E-state index contributed by atoms with van der Waals surface area (Å²) in [6.45, 7) is 6.17. The van der Waals surface area contributed by atoms with Crippen molar-refractivity contribution in [1.82, 2.24) is 0 Å². The number of hydrogen-bond acceptors (Lipinski definition) is 1. The van der Waals surface area contributed by atoms with Crippen molar-refractivity contribution in [2.45, 2.75) is 26.3 Å². The number of nitrogens with zero attached hydrogens (tertiary/aromatic N) is 1. The summed E-state index contributed by atoms with van der Waals surface area (Å²) in [4.78, 5) is 0. The summed E-state index contributed by atoms with van der Waals surface area (Å²) in [6.07, 6.45) is 0. The third kappa shape index (κ3) is 6.78. The Morgan fingerprint density at radius 1 is 1.43 bits per heavy atom. The molecule has 0 aliphatic rings. The zero-order chi connectivity index (χ0) is 5.91. The van der Waals surface area contributed by atoms with Crippen molar-refractivity contribution in [2.75, 3.05) is 0 Å². The summed E-state index contributed by atoms with van der Waals surface area (Å²) >= 11 is -0.529. The third-order valence-corrected chi connectivity index (χ3v) is 2.23. The molecule has 0 rings (SSSR count). The number of rotatable bonds is 0. The fourth-order valence-electron chi connectivity index (χ4n) is 0.104. The van der Waals surface area contributed by atoms with E-state index in [0.29, 0.717) is 0 Å². The van der Waals surface area contributed by atoms with Crippen molar-refractivity contribution in [2.24, 2.45) is 3.50 Å². The van der Waals surface area contributed by atoms with Gasteiger partial charge < -0.3 is 0 Å². The summed E-state index contributed by atoms with van der Waals surface area (Å²) in [5.41, 5.74) is 0.101. The van der Waals surface area contributed by atoms with Gasteiger partial charge in [-0.05, 0) is 0 Å². The Labute approximate surface area is 56.8 Å². The van der Waals surface area contributed by atoms with E-state index < -0.39 is 17.3 Å². The van der Waals surface area contributed by atoms with Crippen LogP contribution >= 0.6 is 9.42 Å². The van der Waals surface area contributed by atoms with Gasteiger partial charge in [-0.15, -0.1) is 0 Å². The van der Waals surface area contributed by atoms with Crippen LogP contribution < -0.4 is 0 Å². The van der Waals surface area contributed by atoms with Gasteiger partial charge in [-0.25, -0.2) is 0 Å². The topological polar surface area (TPSA) is 12.4 Å². The molecule has 0 unspecified atom stereocenters. The molecule has 1 nitrogen and oxygen atoms in total. The molecule has 0 bridgehead atoms. The molecule has 0 saturated heterocycles. The van der Waals surface area contributed by atoms with Crippen LogP contribution in [0.15, 0.2) is 3.50 Å². The zero-order valence-electron chi connectivity index (χ0n) is 4.73. The SMILES string of the molecule is CC(C)(C)[N]=[Mo][Cl]. The van der Waals surface area contributed by atoms with E-state index in [-0.39, 0.29) is 5.54 Å². The van der Waals surface area contributed by atoms with Gasteiger partial charge in [-0.3, -0.25) is 0 Å². The Bertz CT molecular complexity index is 74.2. The Hall–Kier alpha value is 0.778. The fraction of sp³-hybridized carbons (Fsp3) is 1.00. The van der Waals surface area contributed by atoms with Crippen molar-refractivity contribution in [1.29, 1.82) is 0 Å². The van der Waals surface area contributed by atoms with Crippen LogP contribution in [-0.2, 0) is 17.3 Å². The van der Waals surface area contributed by atoms with Crippen LogP contribution in [-0.4, -0.2) is 5.54 Å². The molecule has 0 aromatic rings. The Morgan fingerprint density at radius 2 is 1.86 bits per heavy atom. The Morgan fingerprint density at radius 3 is 1.86 bits per heavy atom. The molecule has 0 aromatic carbocycles. The van der Waals surface area contributed by atoms with E-state index in [1.54, 1.807) is 0 Å². The van der Waals surface area contributed by atoms with Crippen LogP contribution in [0.1, 0.15) is 20.8 Å². The van der Waals surface area contributed by atoms with Crippen LogP contribution in [0.4, 0.5) is 0 Å². The maximum atomic E-state index is 5.45. The van der Waals surface area contributed by atoms with Gasteiger partial charge in [0.2, 0.25) is 0 Å². The molecule has 0 saturated carbocycles. The molecule has 0 aromatic heterocycles. The predicted molar refractivity (Wildman–Crippen MR) is 28.0 cm³/mol. The summed E-state index contributed by atoms with van der Waals surface area (Å²) in [5.74, 6) is 0. The predicted octanol–water partition coefficient (Wildman–Crippen LogP) is 2.20. The third-order valence-electron chi connectivity index (χ3n) is 0.308. The van der Waals surface area contributed by atoms with E-state index >= 15 is 0 Å². The first-order chi connectivity index (χ1) is 3.06. The molecular weight excluding hydrogens is 193 g/mol. The summed E-state index contributed by atoms with van der Waals surface area (Å²) in [5, 5.41) is 0. The van der Waals surface area contributed by atoms with E-state index in [1.807, 2.05) is 0 Å². The van der Waals surface area contributed by atoms with Gasteiger partial charge in [0.1, 0.15) is 0 Å². The average molecular weight is 203 g/mol. The molecule has 0 radical (unpaired) electrons. The Balaban J connectivity index is 3.56. The molecule has 0 atom stereocenters. The second kappa shape index (κ2) is 2.94. The second-order valence-electron chi connectivity index (χ2n) is 2.33. The minimum atomic E-state index is -0.529. The standard InChI is InChI=1S/C4H9N.ClH.Mo/c1-4(2,3)5;;/h1-3H3;1H;/q;;+1/p-1.